The number of halogens is 1. The van der Waals surface area contributed by atoms with Gasteiger partial charge in [0.05, 0.1) is 6.42 Å². The zero-order chi connectivity index (χ0) is 22.9. The van der Waals surface area contributed by atoms with E-state index in [0.29, 0.717) is 18.0 Å². The molecule has 0 aliphatic carbocycles. The Morgan fingerprint density at radius 1 is 0.906 bits per heavy atom. The number of nitrogens with one attached hydrogen (secondary N) is 1. The van der Waals surface area contributed by atoms with E-state index in [1.165, 1.54) is 0 Å². The Balaban J connectivity index is 1.98. The molecule has 0 aromatic heterocycles. The number of nitrogens with zero attached hydrogens (tertiary/aromatic N) is 1. The predicted octanol–water partition coefficient (Wildman–Crippen LogP) is 4.97. The van der Waals surface area contributed by atoms with Crippen molar-refractivity contribution in [2.75, 3.05) is 6.54 Å². The normalized spacial score (nSPS) is 11.6. The van der Waals surface area contributed by atoms with Crippen LogP contribution in [-0.4, -0.2) is 29.3 Å². The maximum absolute atomic E-state index is 13.6. The van der Waals surface area contributed by atoms with Crippen molar-refractivity contribution in [3.63, 3.8) is 0 Å². The quantitative estimate of drug-likeness (QED) is 0.502. The van der Waals surface area contributed by atoms with E-state index >= 15 is 0 Å². The fraction of sp³-hybridized carbons (Fsp3) is 0.259. The van der Waals surface area contributed by atoms with E-state index in [9.17, 15) is 9.59 Å². The molecule has 1 N–H and O–H groups in total. The van der Waals surface area contributed by atoms with Crippen LogP contribution in [0.5, 0.6) is 0 Å². The van der Waals surface area contributed by atoms with E-state index in [4.69, 9.17) is 11.6 Å². The third kappa shape index (κ3) is 6.21. The minimum atomic E-state index is -0.648. The lowest BCUT2D eigenvalue weighted by Gasteiger charge is -2.32. The summed E-state index contributed by atoms with van der Waals surface area (Å²) < 4.78 is 0. The van der Waals surface area contributed by atoms with Gasteiger partial charge in [-0.1, -0.05) is 84.4 Å². The molecule has 0 bridgehead atoms. The first-order chi connectivity index (χ1) is 15.5. The molecule has 5 heteroatoms. The van der Waals surface area contributed by atoms with Gasteiger partial charge in [-0.3, -0.25) is 9.59 Å². The first-order valence-electron chi connectivity index (χ1n) is 10.9. The second-order valence-electron chi connectivity index (χ2n) is 7.82. The molecule has 4 nitrogen and oxygen atoms in total. The van der Waals surface area contributed by atoms with Crippen LogP contribution in [0.3, 0.4) is 0 Å². The van der Waals surface area contributed by atoms with Gasteiger partial charge in [0, 0.05) is 24.5 Å². The molecule has 0 saturated carbocycles. The van der Waals surface area contributed by atoms with Gasteiger partial charge in [0.2, 0.25) is 11.8 Å². The summed E-state index contributed by atoms with van der Waals surface area (Å²) >= 11 is 6.43. The zero-order valence-corrected chi connectivity index (χ0v) is 19.3. The van der Waals surface area contributed by atoms with Crippen molar-refractivity contribution in [1.29, 1.82) is 0 Å². The molecule has 0 heterocycles. The van der Waals surface area contributed by atoms with E-state index in [-0.39, 0.29) is 24.8 Å². The molecule has 0 aliphatic rings. The van der Waals surface area contributed by atoms with Gasteiger partial charge in [-0.25, -0.2) is 0 Å². The number of carbonyl (C=O) groups is 2. The molecule has 2 amide bonds. The van der Waals surface area contributed by atoms with Gasteiger partial charge >= 0.3 is 0 Å². The maximum Gasteiger partial charge on any atom is 0.243 e. The fourth-order valence-corrected chi connectivity index (χ4v) is 3.92. The van der Waals surface area contributed by atoms with Crippen molar-refractivity contribution in [2.24, 2.45) is 0 Å². The molecule has 3 rings (SSSR count). The van der Waals surface area contributed by atoms with Crippen LogP contribution in [0.15, 0.2) is 78.9 Å². The van der Waals surface area contributed by atoms with Crippen molar-refractivity contribution in [3.8, 4) is 0 Å². The topological polar surface area (TPSA) is 49.4 Å². The molecule has 166 valence electrons. The summed E-state index contributed by atoms with van der Waals surface area (Å²) in [6, 6.07) is 24.4. The first kappa shape index (κ1) is 23.6. The number of aryl methyl sites for hydroxylation is 1. The maximum atomic E-state index is 13.6. The van der Waals surface area contributed by atoms with Crippen molar-refractivity contribution < 1.29 is 9.59 Å². The van der Waals surface area contributed by atoms with Crippen LogP contribution >= 0.6 is 11.6 Å². The van der Waals surface area contributed by atoms with Gasteiger partial charge in [0.15, 0.2) is 0 Å². The minimum Gasteiger partial charge on any atom is -0.355 e. The average Bonchev–Trinajstić information content (AvgIpc) is 2.79. The highest BCUT2D eigenvalue weighted by Crippen LogP contribution is 2.21. The van der Waals surface area contributed by atoms with Crippen LogP contribution in [0.1, 0.15) is 29.2 Å². The second-order valence-corrected chi connectivity index (χ2v) is 8.22. The molecule has 0 fully saturated rings. The third-order valence-electron chi connectivity index (χ3n) is 5.52. The van der Waals surface area contributed by atoms with Gasteiger partial charge in [-0.05, 0) is 42.2 Å². The van der Waals surface area contributed by atoms with E-state index in [1.807, 2.05) is 86.6 Å². The number of amides is 2. The van der Waals surface area contributed by atoms with E-state index < -0.39 is 6.04 Å². The van der Waals surface area contributed by atoms with Crippen LogP contribution in [0.4, 0.5) is 0 Å². The molecule has 0 saturated heterocycles. The summed E-state index contributed by atoms with van der Waals surface area (Å²) in [6.45, 7) is 4.63. The third-order valence-corrected chi connectivity index (χ3v) is 5.89. The van der Waals surface area contributed by atoms with Crippen molar-refractivity contribution in [1.82, 2.24) is 10.2 Å². The number of benzene rings is 3. The van der Waals surface area contributed by atoms with Crippen LogP contribution < -0.4 is 5.32 Å². The minimum absolute atomic E-state index is 0.105. The number of likely N-dealkylation sites (N-methyl/N-ethyl adjacent to an activating group) is 1. The van der Waals surface area contributed by atoms with Gasteiger partial charge in [-0.15, -0.1) is 0 Å². The molecule has 0 spiro atoms. The number of carbonyl (C=O) groups excluding carboxylic acids is 2. The van der Waals surface area contributed by atoms with Gasteiger partial charge in [0.25, 0.3) is 0 Å². The summed E-state index contributed by atoms with van der Waals surface area (Å²) in [5.41, 5.74) is 3.82. The Kier molecular flexibility index (Phi) is 8.46. The molecule has 3 aromatic carbocycles. The van der Waals surface area contributed by atoms with Crippen LogP contribution in [-0.2, 0) is 29.0 Å². The summed E-state index contributed by atoms with van der Waals surface area (Å²) in [5, 5.41) is 3.49. The highest BCUT2D eigenvalue weighted by Gasteiger charge is 2.30. The van der Waals surface area contributed by atoms with Crippen molar-refractivity contribution in [3.05, 3.63) is 106 Å². The second kappa shape index (κ2) is 11.5. The number of hydrogen-bond acceptors (Lipinski definition) is 2. The summed E-state index contributed by atoms with van der Waals surface area (Å²) in [4.78, 5) is 28.4. The van der Waals surface area contributed by atoms with E-state index in [2.05, 4.69) is 5.32 Å². The van der Waals surface area contributed by atoms with Crippen molar-refractivity contribution >= 4 is 23.4 Å². The molecule has 32 heavy (non-hydrogen) atoms. The molecule has 0 radical (unpaired) electrons. The standard InChI is InChI=1S/C27H29ClN2O2/c1-3-29-27(32)25(17-21-12-5-4-6-13-21)30(19-23-15-9-10-16-24(23)28)26(31)18-22-14-8-7-11-20(22)2/h4-16,25H,3,17-19H2,1-2H3,(H,29,32). The molecular formula is C27H29ClN2O2. The van der Waals surface area contributed by atoms with Gasteiger partial charge in [0.1, 0.15) is 6.04 Å². The average molecular weight is 449 g/mol. The molecule has 1 atom stereocenters. The fourth-order valence-electron chi connectivity index (χ4n) is 3.73. The Bertz CT molecular complexity index is 1050. The summed E-state index contributed by atoms with van der Waals surface area (Å²) in [6.07, 6.45) is 0.651. The van der Waals surface area contributed by atoms with Crippen LogP contribution in [0.2, 0.25) is 5.02 Å². The molecular weight excluding hydrogens is 420 g/mol. The van der Waals surface area contributed by atoms with Gasteiger partial charge < -0.3 is 10.2 Å². The highest BCUT2D eigenvalue weighted by molar-refractivity contribution is 6.31. The highest BCUT2D eigenvalue weighted by atomic mass is 35.5. The number of rotatable bonds is 9. The lowest BCUT2D eigenvalue weighted by molar-refractivity contribution is -0.140. The Hall–Kier alpha value is -3.11. The number of hydrogen-bond donors (Lipinski definition) is 1. The Labute approximate surface area is 195 Å². The summed E-state index contributed by atoms with van der Waals surface area (Å²) in [5.74, 6) is -0.270. The Morgan fingerprint density at radius 3 is 2.19 bits per heavy atom. The Morgan fingerprint density at radius 2 is 1.53 bits per heavy atom. The van der Waals surface area contributed by atoms with Gasteiger partial charge in [-0.2, -0.15) is 0 Å². The molecule has 1 unspecified atom stereocenters. The summed E-state index contributed by atoms with van der Waals surface area (Å²) in [7, 11) is 0. The zero-order valence-electron chi connectivity index (χ0n) is 18.6. The molecule has 0 aliphatic heterocycles. The first-order valence-corrected chi connectivity index (χ1v) is 11.3. The monoisotopic (exact) mass is 448 g/mol. The largest absolute Gasteiger partial charge is 0.355 e. The SMILES string of the molecule is CCNC(=O)C(Cc1ccccc1)N(Cc1ccccc1Cl)C(=O)Cc1ccccc1C. The van der Waals surface area contributed by atoms with E-state index in [0.717, 1.165) is 22.3 Å². The van der Waals surface area contributed by atoms with E-state index in [1.54, 1.807) is 11.0 Å². The van der Waals surface area contributed by atoms with Crippen LogP contribution in [0.25, 0.3) is 0 Å². The smallest absolute Gasteiger partial charge is 0.243 e. The lowest BCUT2D eigenvalue weighted by Crippen LogP contribution is -2.51. The lowest BCUT2D eigenvalue weighted by atomic mass is 10.0. The van der Waals surface area contributed by atoms with Crippen molar-refractivity contribution in [2.45, 2.75) is 39.3 Å². The predicted molar refractivity (Wildman–Crippen MR) is 130 cm³/mol. The molecule has 3 aromatic rings. The van der Waals surface area contributed by atoms with Crippen LogP contribution in [0, 0.1) is 6.92 Å².